The Bertz CT molecular complexity index is 1820. The van der Waals surface area contributed by atoms with Gasteiger partial charge in [0.25, 0.3) is 0 Å². The van der Waals surface area contributed by atoms with E-state index in [0.717, 1.165) is 108 Å². The van der Waals surface area contributed by atoms with Gasteiger partial charge in [0, 0.05) is 25.7 Å². The Morgan fingerprint density at radius 3 is 0.755 bits per heavy atom. The number of rotatable bonds is 74. The quantitative estimate of drug-likeness (QED) is 0.0222. The van der Waals surface area contributed by atoms with Gasteiger partial charge in [0.1, 0.15) is 19.3 Å². The van der Waals surface area contributed by atoms with Gasteiger partial charge in [0.05, 0.1) is 26.4 Å². The van der Waals surface area contributed by atoms with E-state index < -0.39 is 97.5 Å². The molecule has 0 aliphatic heterocycles. The minimum absolute atomic E-state index is 0.106. The van der Waals surface area contributed by atoms with E-state index in [1.807, 2.05) is 0 Å². The van der Waals surface area contributed by atoms with Crippen molar-refractivity contribution in [3.8, 4) is 0 Å². The van der Waals surface area contributed by atoms with Crippen molar-refractivity contribution >= 4 is 39.5 Å². The summed E-state index contributed by atoms with van der Waals surface area (Å²) in [6.07, 6.45) is 54.1. The molecule has 0 bridgehead atoms. The van der Waals surface area contributed by atoms with E-state index >= 15 is 0 Å². The Labute approximate surface area is 575 Å². The van der Waals surface area contributed by atoms with Crippen molar-refractivity contribution in [3.05, 3.63) is 0 Å². The third-order valence-corrected chi connectivity index (χ3v) is 20.1. The van der Waals surface area contributed by atoms with Crippen molar-refractivity contribution in [3.63, 3.8) is 0 Å². The monoisotopic (exact) mass is 1380 g/mol. The molecule has 19 heteroatoms. The molecule has 0 amide bonds. The second kappa shape index (κ2) is 66.9. The molecule has 0 aromatic carbocycles. The van der Waals surface area contributed by atoms with E-state index in [2.05, 4.69) is 41.5 Å². The third kappa shape index (κ3) is 66.0. The number of carbonyl (C=O) groups excluding carboxylic acids is 4. The lowest BCUT2D eigenvalue weighted by molar-refractivity contribution is -0.161. The zero-order valence-electron chi connectivity index (χ0n) is 61.3. The van der Waals surface area contributed by atoms with Gasteiger partial charge in [-0.05, 0) is 37.5 Å². The molecule has 17 nitrogen and oxygen atoms in total. The van der Waals surface area contributed by atoms with Crippen LogP contribution in [-0.2, 0) is 65.4 Å². The standard InChI is InChI=1S/C75H146O17P2/c1-7-11-13-15-17-19-21-22-23-24-25-26-27-28-30-36-40-48-54-60-75(80)91-70(63-85-72(77)57-51-45-38-34-32-31-33-37-43-49-55-67(5)9-3)65-89-93(81,82)87-61-69(76)62-88-94(83,84)90-66-71(64-86-73(78)58-52-46-42-41-44-50-56-68(6)10-4)92-74(79)59-53-47-39-35-29-20-18-16-14-12-8-2/h67-71,76H,7-66H2,1-6H3,(H,81,82)(H,83,84)/t67?,68?,69-,70-,71-/m1/s1. The summed E-state index contributed by atoms with van der Waals surface area (Å²) in [7, 11) is -9.91. The number of aliphatic hydroxyl groups excluding tert-OH is 1. The summed E-state index contributed by atoms with van der Waals surface area (Å²) in [4.78, 5) is 72.7. The van der Waals surface area contributed by atoms with E-state index in [4.69, 9.17) is 37.0 Å². The van der Waals surface area contributed by atoms with E-state index in [-0.39, 0.29) is 25.7 Å². The fraction of sp³-hybridized carbons (Fsp3) is 0.947. The molecule has 0 spiro atoms. The van der Waals surface area contributed by atoms with Crippen molar-refractivity contribution in [1.29, 1.82) is 0 Å². The minimum Gasteiger partial charge on any atom is -0.462 e. The van der Waals surface area contributed by atoms with Gasteiger partial charge >= 0.3 is 39.5 Å². The van der Waals surface area contributed by atoms with Crippen molar-refractivity contribution in [2.24, 2.45) is 11.8 Å². The van der Waals surface area contributed by atoms with Gasteiger partial charge in [-0.1, -0.05) is 337 Å². The number of aliphatic hydroxyl groups is 1. The Morgan fingerprint density at radius 1 is 0.298 bits per heavy atom. The van der Waals surface area contributed by atoms with Crippen LogP contribution < -0.4 is 0 Å². The lowest BCUT2D eigenvalue weighted by Gasteiger charge is -2.21. The SMILES string of the molecule is CCCCCCCCCCCCCCCCCCCCCC(=O)O[C@H](COC(=O)CCCCCCCCCCCCC(C)CC)COP(=O)(O)OC[C@@H](O)COP(=O)(O)OC[C@@H](COC(=O)CCCCCCCCC(C)CC)OC(=O)CCCCCCCCCCCCC. The Hall–Kier alpha value is -1.94. The van der Waals surface area contributed by atoms with Gasteiger partial charge in [-0.15, -0.1) is 0 Å². The molecule has 0 aromatic rings. The van der Waals surface area contributed by atoms with E-state index in [0.29, 0.717) is 25.7 Å². The lowest BCUT2D eigenvalue weighted by atomic mass is 9.99. The number of phosphoric acid groups is 2. The molecule has 94 heavy (non-hydrogen) atoms. The highest BCUT2D eigenvalue weighted by Gasteiger charge is 2.30. The molecular formula is C75H146O17P2. The third-order valence-electron chi connectivity index (χ3n) is 18.2. The molecule has 0 fully saturated rings. The Kier molecular flexibility index (Phi) is 65.5. The molecule has 0 aliphatic rings. The first kappa shape index (κ1) is 92.1. The van der Waals surface area contributed by atoms with Crippen LogP contribution in [0.5, 0.6) is 0 Å². The average molecular weight is 1380 g/mol. The molecule has 0 aliphatic carbocycles. The molecule has 0 radical (unpaired) electrons. The largest absolute Gasteiger partial charge is 0.472 e. The fourth-order valence-corrected chi connectivity index (χ4v) is 13.0. The van der Waals surface area contributed by atoms with Gasteiger partial charge in [-0.25, -0.2) is 9.13 Å². The summed E-state index contributed by atoms with van der Waals surface area (Å²) in [5.41, 5.74) is 0. The van der Waals surface area contributed by atoms with Gasteiger partial charge < -0.3 is 33.8 Å². The van der Waals surface area contributed by atoms with Crippen molar-refractivity contribution in [1.82, 2.24) is 0 Å². The highest BCUT2D eigenvalue weighted by molar-refractivity contribution is 7.47. The first-order valence-corrected chi connectivity index (χ1v) is 42.1. The zero-order valence-corrected chi connectivity index (χ0v) is 63.1. The first-order chi connectivity index (χ1) is 45.4. The number of unbranched alkanes of at least 4 members (excludes halogenated alkanes) is 42. The Balaban J connectivity index is 5.23. The second-order valence-corrected chi connectivity index (χ2v) is 30.4. The van der Waals surface area contributed by atoms with Gasteiger partial charge in [-0.2, -0.15) is 0 Å². The maximum Gasteiger partial charge on any atom is 0.472 e. The molecular weight excluding hydrogens is 1230 g/mol. The Morgan fingerprint density at radius 2 is 0.511 bits per heavy atom. The smallest absolute Gasteiger partial charge is 0.462 e. The van der Waals surface area contributed by atoms with Crippen LogP contribution in [0, 0.1) is 11.8 Å². The molecule has 0 saturated carbocycles. The van der Waals surface area contributed by atoms with Crippen molar-refractivity contribution in [2.75, 3.05) is 39.6 Å². The number of phosphoric ester groups is 2. The maximum absolute atomic E-state index is 13.1. The number of carbonyl (C=O) groups is 4. The molecule has 0 saturated heterocycles. The summed E-state index contributed by atoms with van der Waals surface area (Å²) in [5, 5.41) is 10.6. The van der Waals surface area contributed by atoms with Crippen LogP contribution in [0.15, 0.2) is 0 Å². The summed E-state index contributed by atoms with van der Waals surface area (Å²) < 4.78 is 68.5. The molecule has 4 unspecified atom stereocenters. The predicted octanol–water partition coefficient (Wildman–Crippen LogP) is 21.9. The summed E-state index contributed by atoms with van der Waals surface area (Å²) in [6, 6.07) is 0. The topological polar surface area (TPSA) is 237 Å². The predicted molar refractivity (Wildman–Crippen MR) is 381 cm³/mol. The minimum atomic E-state index is -4.96. The lowest BCUT2D eigenvalue weighted by Crippen LogP contribution is -2.30. The number of hydrogen-bond acceptors (Lipinski definition) is 15. The molecule has 0 heterocycles. The summed E-state index contributed by atoms with van der Waals surface area (Å²) in [5.74, 6) is -0.577. The molecule has 3 N–H and O–H groups in total. The van der Waals surface area contributed by atoms with Crippen LogP contribution in [0.25, 0.3) is 0 Å². The van der Waals surface area contributed by atoms with Crippen LogP contribution in [0.4, 0.5) is 0 Å². The summed E-state index contributed by atoms with van der Waals surface area (Å²) in [6.45, 7) is 9.57. The van der Waals surface area contributed by atoms with Gasteiger partial charge in [-0.3, -0.25) is 37.3 Å². The van der Waals surface area contributed by atoms with Crippen LogP contribution in [0.2, 0.25) is 0 Å². The van der Waals surface area contributed by atoms with E-state index in [1.165, 1.54) is 199 Å². The highest BCUT2D eigenvalue weighted by atomic mass is 31.2. The summed E-state index contributed by atoms with van der Waals surface area (Å²) >= 11 is 0. The van der Waals surface area contributed by atoms with Crippen LogP contribution in [0.3, 0.4) is 0 Å². The second-order valence-electron chi connectivity index (χ2n) is 27.5. The van der Waals surface area contributed by atoms with E-state index in [1.54, 1.807) is 0 Å². The van der Waals surface area contributed by atoms with Crippen molar-refractivity contribution in [2.45, 2.75) is 407 Å². The number of ether oxygens (including phenoxy) is 4. The van der Waals surface area contributed by atoms with Gasteiger partial charge in [0.2, 0.25) is 0 Å². The maximum atomic E-state index is 13.1. The number of esters is 4. The average Bonchev–Trinajstić information content (AvgIpc) is 3.74. The number of hydrogen-bond donors (Lipinski definition) is 3. The molecule has 7 atom stereocenters. The zero-order chi connectivity index (χ0) is 69.3. The van der Waals surface area contributed by atoms with Crippen LogP contribution >= 0.6 is 15.6 Å². The molecule has 558 valence electrons. The molecule has 0 aromatic heterocycles. The molecule has 0 rings (SSSR count). The normalized spacial score (nSPS) is 14.6. The first-order valence-electron chi connectivity index (χ1n) is 39.1. The van der Waals surface area contributed by atoms with Gasteiger partial charge in [0.15, 0.2) is 12.2 Å². The highest BCUT2D eigenvalue weighted by Crippen LogP contribution is 2.45. The van der Waals surface area contributed by atoms with Crippen LogP contribution in [-0.4, -0.2) is 96.7 Å². The fourth-order valence-electron chi connectivity index (χ4n) is 11.4. The van der Waals surface area contributed by atoms with Crippen molar-refractivity contribution < 1.29 is 80.2 Å². The van der Waals surface area contributed by atoms with Crippen LogP contribution in [0.1, 0.15) is 388 Å². The van der Waals surface area contributed by atoms with E-state index in [9.17, 15) is 43.2 Å².